The molecule has 13 rings (SSSR count). The summed E-state index contributed by atoms with van der Waals surface area (Å²) in [4.78, 5) is 2.06. The van der Waals surface area contributed by atoms with Gasteiger partial charge in [-0.05, 0) is 132 Å². The van der Waals surface area contributed by atoms with E-state index in [2.05, 4.69) is 173 Å². The van der Waals surface area contributed by atoms with Gasteiger partial charge in [0.05, 0.1) is 16.7 Å². The van der Waals surface area contributed by atoms with Crippen molar-refractivity contribution in [2.75, 3.05) is 4.90 Å². The molecular weight excluding hydrogens is 828 g/mol. The van der Waals surface area contributed by atoms with Crippen molar-refractivity contribution in [1.29, 1.82) is 0 Å². The number of anilines is 3. The Balaban J connectivity index is 0.00000480. The molecule has 1 heterocycles. The third-order valence-corrected chi connectivity index (χ3v) is 13.6. The van der Waals surface area contributed by atoms with Crippen LogP contribution in [0.1, 0.15) is 7.43 Å². The fourth-order valence-electron chi connectivity index (χ4n) is 10.5. The molecule has 0 bridgehead atoms. The molecule has 0 aliphatic rings. The van der Waals surface area contributed by atoms with Crippen molar-refractivity contribution >= 4 is 71.2 Å². The van der Waals surface area contributed by atoms with Crippen LogP contribution in [0.5, 0.6) is 0 Å². The summed E-state index contributed by atoms with van der Waals surface area (Å²) in [6.45, 7) is 0. The van der Waals surface area contributed by atoms with Crippen molar-refractivity contribution in [1.82, 2.24) is 4.57 Å². The predicted molar refractivity (Wildman–Crippen MR) is 288 cm³/mol. The summed E-state index contributed by atoms with van der Waals surface area (Å²) < 4.78 is 19.6. The van der Waals surface area contributed by atoms with Gasteiger partial charge in [-0.1, -0.05) is 195 Å². The topological polar surface area (TPSA) is 8.17 Å². The monoisotopic (exact) mass is 872 g/mol. The lowest BCUT2D eigenvalue weighted by Crippen LogP contribution is -2.13. The average Bonchev–Trinajstić information content (AvgIpc) is 3.73. The molecule has 0 N–H and O–H groups in total. The molecule has 0 aliphatic carbocycles. The van der Waals surface area contributed by atoms with Crippen LogP contribution in [0.3, 0.4) is 0 Å². The molecule has 0 aliphatic heterocycles. The van der Waals surface area contributed by atoms with E-state index >= 15 is 4.39 Å². The minimum atomic E-state index is -0.294. The van der Waals surface area contributed by atoms with Crippen LogP contribution in [0.4, 0.5) is 21.5 Å². The highest BCUT2D eigenvalue weighted by Crippen LogP contribution is 2.48. The third kappa shape index (κ3) is 6.62. The van der Waals surface area contributed by atoms with Crippen LogP contribution in [-0.4, -0.2) is 4.57 Å². The number of para-hydroxylation sites is 2. The number of halogens is 1. The first kappa shape index (κ1) is 40.7. The third-order valence-electron chi connectivity index (χ3n) is 13.6. The van der Waals surface area contributed by atoms with Gasteiger partial charge in [-0.3, -0.25) is 0 Å². The maximum Gasteiger partial charge on any atom is 0.148 e. The van der Waals surface area contributed by atoms with E-state index in [1.807, 2.05) is 78.9 Å². The van der Waals surface area contributed by atoms with Crippen LogP contribution in [0.2, 0.25) is 0 Å². The summed E-state index contributed by atoms with van der Waals surface area (Å²) in [6, 6.07) is 87.1. The number of aromatic nitrogens is 1. The van der Waals surface area contributed by atoms with Gasteiger partial charge < -0.3 is 9.47 Å². The first-order valence-electron chi connectivity index (χ1n) is 22.9. The second-order valence-electron chi connectivity index (χ2n) is 17.4. The average molecular weight is 873 g/mol. The van der Waals surface area contributed by atoms with Gasteiger partial charge in [-0.15, -0.1) is 0 Å². The lowest BCUT2D eigenvalue weighted by atomic mass is 9.88. The summed E-state index contributed by atoms with van der Waals surface area (Å²) in [6.07, 6.45) is 0. The first-order chi connectivity index (χ1) is 33.2. The lowest BCUT2D eigenvalue weighted by molar-refractivity contribution is 0.630. The van der Waals surface area contributed by atoms with Crippen molar-refractivity contribution in [2.24, 2.45) is 0 Å². The summed E-state index contributed by atoms with van der Waals surface area (Å²) in [5, 5.41) is 9.91. The van der Waals surface area contributed by atoms with E-state index in [0.29, 0.717) is 5.69 Å². The number of hydrogen-bond donors (Lipinski definition) is 0. The van der Waals surface area contributed by atoms with Crippen LogP contribution in [-0.2, 0) is 0 Å². The molecule has 2 nitrogen and oxygen atoms in total. The number of benzene rings is 12. The van der Waals surface area contributed by atoms with E-state index in [1.165, 1.54) is 65.3 Å². The van der Waals surface area contributed by atoms with Crippen LogP contribution < -0.4 is 4.90 Å². The zero-order valence-electron chi connectivity index (χ0n) is 36.4. The zero-order chi connectivity index (χ0) is 44.4. The second kappa shape index (κ2) is 16.6. The largest absolute Gasteiger partial charge is 0.309 e. The van der Waals surface area contributed by atoms with Crippen molar-refractivity contribution in [3.05, 3.63) is 255 Å². The van der Waals surface area contributed by atoms with Crippen molar-refractivity contribution in [3.8, 4) is 50.2 Å². The smallest absolute Gasteiger partial charge is 0.148 e. The van der Waals surface area contributed by atoms with Gasteiger partial charge in [0.25, 0.3) is 0 Å². The Kier molecular flexibility index (Phi) is 9.92. The van der Waals surface area contributed by atoms with Gasteiger partial charge in [0, 0.05) is 33.4 Å². The molecule has 3 heteroatoms. The Morgan fingerprint density at radius 1 is 0.324 bits per heavy atom. The molecule has 322 valence electrons. The molecule has 0 fully saturated rings. The highest BCUT2D eigenvalue weighted by Gasteiger charge is 2.24. The quantitative estimate of drug-likeness (QED) is 0.138. The van der Waals surface area contributed by atoms with E-state index in [4.69, 9.17) is 0 Å². The molecule has 13 aromatic rings. The Morgan fingerprint density at radius 3 is 1.53 bits per heavy atom. The number of hydrogen-bond acceptors (Lipinski definition) is 1. The number of nitrogens with zero attached hydrogens (tertiary/aromatic N) is 2. The van der Waals surface area contributed by atoms with Crippen LogP contribution in [0.15, 0.2) is 249 Å². The Morgan fingerprint density at radius 2 is 0.838 bits per heavy atom. The molecule has 12 aromatic carbocycles. The van der Waals surface area contributed by atoms with Crippen LogP contribution in [0.25, 0.3) is 104 Å². The highest BCUT2D eigenvalue weighted by atomic mass is 19.1. The molecule has 0 saturated heterocycles. The first-order valence-corrected chi connectivity index (χ1v) is 22.9. The fourth-order valence-corrected chi connectivity index (χ4v) is 10.5. The van der Waals surface area contributed by atoms with Crippen molar-refractivity contribution < 1.29 is 4.39 Å². The Hall–Kier alpha value is -8.79. The Labute approximate surface area is 395 Å². The predicted octanol–water partition coefficient (Wildman–Crippen LogP) is 18.6. The minimum absolute atomic E-state index is 0. The molecule has 1 aromatic heterocycles. The van der Waals surface area contributed by atoms with E-state index in [9.17, 15) is 0 Å². The maximum absolute atomic E-state index is 17.1. The number of rotatable bonds is 8. The van der Waals surface area contributed by atoms with E-state index < -0.39 is 0 Å². The maximum atomic E-state index is 17.1. The lowest BCUT2D eigenvalue weighted by Gasteiger charge is -2.29. The van der Waals surface area contributed by atoms with E-state index in [0.717, 1.165) is 50.4 Å². The molecule has 0 saturated carbocycles. The molecule has 0 radical (unpaired) electrons. The standard InChI is InChI=1S/C64H41FN2.CH4/c65-58-39-49(43-18-8-2-9-19-43)38-57(44-20-10-3-11-21-44)64(58)66(50-22-12-4-13-23-50)52-32-28-45(29-33-52)53-34-30-46-26-27-48-41-60-63(56-37-36-54(53)61(46)62(48)56)55-35-31-47(42-16-6-1-7-17-42)40-59(55)67(60)51-24-14-5-15-25-51;/h1-41H;1H4. The SMILES string of the molecule is C.Fc1cc(-c2ccccc2)cc(-c2ccccc2)c1N(c1ccccc1)c1ccc(-c2ccc3ccc4cc5c(c6ccc2c3c46)c2ccc(-c3ccccc3)cc2n5-c2ccccc2)cc1. The molecule has 0 atom stereocenters. The summed E-state index contributed by atoms with van der Waals surface area (Å²) in [5.41, 5.74) is 14.0. The summed E-state index contributed by atoms with van der Waals surface area (Å²) in [5.74, 6) is -0.294. The molecular formula is C65H45FN2. The summed E-state index contributed by atoms with van der Waals surface area (Å²) in [7, 11) is 0. The zero-order valence-corrected chi connectivity index (χ0v) is 36.4. The molecule has 0 spiro atoms. The van der Waals surface area contributed by atoms with Gasteiger partial charge in [0.2, 0.25) is 0 Å². The minimum Gasteiger partial charge on any atom is -0.309 e. The fraction of sp³-hybridized carbons (Fsp3) is 0.0154. The van der Waals surface area contributed by atoms with Crippen LogP contribution in [0, 0.1) is 5.82 Å². The number of fused-ring (bicyclic) bond motifs is 4. The van der Waals surface area contributed by atoms with Gasteiger partial charge >= 0.3 is 0 Å². The molecule has 0 unspecified atom stereocenters. The van der Waals surface area contributed by atoms with Gasteiger partial charge in [0.1, 0.15) is 5.82 Å². The van der Waals surface area contributed by atoms with Crippen molar-refractivity contribution in [3.63, 3.8) is 0 Å². The summed E-state index contributed by atoms with van der Waals surface area (Å²) >= 11 is 0. The van der Waals surface area contributed by atoms with Gasteiger partial charge in [-0.25, -0.2) is 4.39 Å². The van der Waals surface area contributed by atoms with Gasteiger partial charge in [-0.2, -0.15) is 0 Å². The Bertz CT molecular complexity index is 3940. The van der Waals surface area contributed by atoms with E-state index in [1.54, 1.807) is 6.07 Å². The van der Waals surface area contributed by atoms with E-state index in [-0.39, 0.29) is 13.2 Å². The molecule has 0 amide bonds. The van der Waals surface area contributed by atoms with Gasteiger partial charge in [0.15, 0.2) is 0 Å². The van der Waals surface area contributed by atoms with Crippen LogP contribution >= 0.6 is 0 Å². The normalized spacial score (nSPS) is 11.5. The second-order valence-corrected chi connectivity index (χ2v) is 17.4. The highest BCUT2D eigenvalue weighted by molar-refractivity contribution is 6.34. The molecule has 68 heavy (non-hydrogen) atoms. The van der Waals surface area contributed by atoms with Crippen molar-refractivity contribution in [2.45, 2.75) is 7.43 Å².